The molecular formula is C12H25ClS. The predicted molar refractivity (Wildman–Crippen MR) is 70.6 cm³/mol. The standard InChI is InChI=1S/C12H25ClS/c1-3-4-5-6-7-8-9-14-11-12(2)10-13/h12H,3-11H2,1-2H3. The van der Waals surface area contributed by atoms with Crippen molar-refractivity contribution in [1.82, 2.24) is 0 Å². The molecule has 0 spiro atoms. The molecular weight excluding hydrogens is 212 g/mol. The molecule has 1 atom stereocenters. The van der Waals surface area contributed by atoms with Gasteiger partial charge in [-0.1, -0.05) is 46.0 Å². The van der Waals surface area contributed by atoms with Crippen LogP contribution in [-0.4, -0.2) is 17.4 Å². The van der Waals surface area contributed by atoms with E-state index in [1.165, 1.54) is 50.0 Å². The van der Waals surface area contributed by atoms with E-state index in [4.69, 9.17) is 11.6 Å². The third-order valence-electron chi connectivity index (χ3n) is 2.31. The molecule has 0 saturated heterocycles. The van der Waals surface area contributed by atoms with Gasteiger partial charge in [0, 0.05) is 5.88 Å². The van der Waals surface area contributed by atoms with Crippen LogP contribution in [-0.2, 0) is 0 Å². The summed E-state index contributed by atoms with van der Waals surface area (Å²) in [7, 11) is 0. The third-order valence-corrected chi connectivity index (χ3v) is 4.22. The lowest BCUT2D eigenvalue weighted by molar-refractivity contribution is 0.626. The highest BCUT2D eigenvalue weighted by molar-refractivity contribution is 7.99. The maximum Gasteiger partial charge on any atom is 0.0257 e. The van der Waals surface area contributed by atoms with Crippen molar-refractivity contribution >= 4 is 23.4 Å². The van der Waals surface area contributed by atoms with Crippen molar-refractivity contribution in [1.29, 1.82) is 0 Å². The lowest BCUT2D eigenvalue weighted by atomic mass is 10.1. The molecule has 0 heterocycles. The topological polar surface area (TPSA) is 0 Å². The highest BCUT2D eigenvalue weighted by Crippen LogP contribution is 2.13. The summed E-state index contributed by atoms with van der Waals surface area (Å²) in [4.78, 5) is 0. The second-order valence-corrected chi connectivity index (χ2v) is 5.56. The Morgan fingerprint density at radius 2 is 1.71 bits per heavy atom. The van der Waals surface area contributed by atoms with Crippen molar-refractivity contribution in [2.24, 2.45) is 5.92 Å². The number of hydrogen-bond acceptors (Lipinski definition) is 1. The second kappa shape index (κ2) is 11.7. The lowest BCUT2D eigenvalue weighted by Gasteiger charge is -2.06. The molecule has 0 aliphatic heterocycles. The molecule has 0 nitrogen and oxygen atoms in total. The molecule has 2 heteroatoms. The summed E-state index contributed by atoms with van der Waals surface area (Å²) >= 11 is 7.80. The first-order valence-corrected chi connectivity index (χ1v) is 7.63. The molecule has 0 radical (unpaired) electrons. The summed E-state index contributed by atoms with van der Waals surface area (Å²) in [5.41, 5.74) is 0. The highest BCUT2D eigenvalue weighted by atomic mass is 35.5. The average molecular weight is 237 g/mol. The summed E-state index contributed by atoms with van der Waals surface area (Å²) in [6.07, 6.45) is 8.43. The molecule has 0 aliphatic carbocycles. The van der Waals surface area contributed by atoms with Gasteiger partial charge >= 0.3 is 0 Å². The molecule has 0 fully saturated rings. The molecule has 0 aliphatic rings. The third kappa shape index (κ3) is 10.7. The van der Waals surface area contributed by atoms with Gasteiger partial charge in [0.25, 0.3) is 0 Å². The zero-order chi connectivity index (χ0) is 10.6. The summed E-state index contributed by atoms with van der Waals surface area (Å²) in [5.74, 6) is 4.05. The van der Waals surface area contributed by atoms with E-state index >= 15 is 0 Å². The van der Waals surface area contributed by atoms with Crippen LogP contribution in [0.25, 0.3) is 0 Å². The SMILES string of the molecule is CCCCCCCCSCC(C)CCl. The van der Waals surface area contributed by atoms with E-state index in [0.717, 1.165) is 5.88 Å². The van der Waals surface area contributed by atoms with Gasteiger partial charge in [-0.05, 0) is 23.8 Å². The Labute approximate surface area is 99.2 Å². The van der Waals surface area contributed by atoms with Gasteiger partial charge in [0.1, 0.15) is 0 Å². The molecule has 0 aromatic carbocycles. The molecule has 86 valence electrons. The molecule has 0 amide bonds. The summed E-state index contributed by atoms with van der Waals surface area (Å²) in [6.45, 7) is 4.49. The Morgan fingerprint density at radius 1 is 1.07 bits per heavy atom. The van der Waals surface area contributed by atoms with Gasteiger partial charge < -0.3 is 0 Å². The number of halogens is 1. The van der Waals surface area contributed by atoms with Gasteiger partial charge in [0.15, 0.2) is 0 Å². The van der Waals surface area contributed by atoms with Gasteiger partial charge in [-0.3, -0.25) is 0 Å². The first-order valence-electron chi connectivity index (χ1n) is 5.95. The van der Waals surface area contributed by atoms with Gasteiger partial charge in [-0.15, -0.1) is 11.6 Å². The summed E-state index contributed by atoms with van der Waals surface area (Å²) < 4.78 is 0. The number of thioether (sulfide) groups is 1. The van der Waals surface area contributed by atoms with Crippen LogP contribution in [0.3, 0.4) is 0 Å². The fourth-order valence-corrected chi connectivity index (χ4v) is 2.65. The Hall–Kier alpha value is 0.640. The van der Waals surface area contributed by atoms with Crippen molar-refractivity contribution in [2.45, 2.75) is 52.4 Å². The van der Waals surface area contributed by atoms with E-state index in [-0.39, 0.29) is 0 Å². The first-order chi connectivity index (χ1) is 6.81. The predicted octanol–water partition coefficient (Wildman–Crippen LogP) is 4.96. The van der Waals surface area contributed by atoms with Crippen LogP contribution in [0.15, 0.2) is 0 Å². The average Bonchev–Trinajstić information content (AvgIpc) is 2.21. The van der Waals surface area contributed by atoms with Crippen LogP contribution < -0.4 is 0 Å². The fraction of sp³-hybridized carbons (Fsp3) is 1.00. The lowest BCUT2D eigenvalue weighted by Crippen LogP contribution is -1.99. The van der Waals surface area contributed by atoms with Crippen LogP contribution in [0.2, 0.25) is 0 Å². The van der Waals surface area contributed by atoms with E-state index in [2.05, 4.69) is 25.6 Å². The quantitative estimate of drug-likeness (QED) is 0.382. The van der Waals surface area contributed by atoms with Crippen LogP contribution in [0.5, 0.6) is 0 Å². The number of rotatable bonds is 10. The fourth-order valence-electron chi connectivity index (χ4n) is 1.31. The van der Waals surface area contributed by atoms with Gasteiger partial charge in [-0.25, -0.2) is 0 Å². The molecule has 0 saturated carbocycles. The number of alkyl halides is 1. The van der Waals surface area contributed by atoms with Crippen LogP contribution in [0.4, 0.5) is 0 Å². The maximum absolute atomic E-state index is 5.74. The maximum atomic E-state index is 5.74. The molecule has 14 heavy (non-hydrogen) atoms. The van der Waals surface area contributed by atoms with E-state index in [9.17, 15) is 0 Å². The molecule has 1 unspecified atom stereocenters. The molecule has 0 rings (SSSR count). The largest absolute Gasteiger partial charge is 0.162 e. The van der Waals surface area contributed by atoms with Crippen molar-refractivity contribution in [3.8, 4) is 0 Å². The normalized spacial score (nSPS) is 13.1. The van der Waals surface area contributed by atoms with E-state index in [1.807, 2.05) is 0 Å². The number of unbranched alkanes of at least 4 members (excludes halogenated alkanes) is 5. The minimum Gasteiger partial charge on any atom is -0.162 e. The van der Waals surface area contributed by atoms with Crippen LogP contribution in [0.1, 0.15) is 52.4 Å². The highest BCUT2D eigenvalue weighted by Gasteiger charge is 1.99. The van der Waals surface area contributed by atoms with Crippen LogP contribution in [0, 0.1) is 5.92 Å². The van der Waals surface area contributed by atoms with E-state index in [0.29, 0.717) is 5.92 Å². The first kappa shape index (κ1) is 14.6. The van der Waals surface area contributed by atoms with E-state index in [1.54, 1.807) is 0 Å². The van der Waals surface area contributed by atoms with Crippen molar-refractivity contribution < 1.29 is 0 Å². The molecule has 0 bridgehead atoms. The Bertz CT molecular complexity index is 106. The number of hydrogen-bond donors (Lipinski definition) is 0. The minimum atomic E-state index is 0.682. The second-order valence-electron chi connectivity index (χ2n) is 4.10. The Balaban J connectivity index is 2.92. The molecule has 0 aromatic heterocycles. The minimum absolute atomic E-state index is 0.682. The molecule has 0 N–H and O–H groups in total. The van der Waals surface area contributed by atoms with Crippen molar-refractivity contribution in [3.63, 3.8) is 0 Å². The van der Waals surface area contributed by atoms with Crippen LogP contribution >= 0.6 is 23.4 Å². The Morgan fingerprint density at radius 3 is 2.36 bits per heavy atom. The smallest absolute Gasteiger partial charge is 0.0257 e. The van der Waals surface area contributed by atoms with Gasteiger partial charge in [0.2, 0.25) is 0 Å². The zero-order valence-electron chi connectivity index (χ0n) is 9.73. The van der Waals surface area contributed by atoms with Crippen molar-refractivity contribution in [2.75, 3.05) is 17.4 Å². The monoisotopic (exact) mass is 236 g/mol. The van der Waals surface area contributed by atoms with E-state index < -0.39 is 0 Å². The summed E-state index contributed by atoms with van der Waals surface area (Å²) in [6, 6.07) is 0. The Kier molecular flexibility index (Phi) is 12.2. The van der Waals surface area contributed by atoms with Gasteiger partial charge in [0.05, 0.1) is 0 Å². The van der Waals surface area contributed by atoms with Crippen molar-refractivity contribution in [3.05, 3.63) is 0 Å². The zero-order valence-corrected chi connectivity index (χ0v) is 11.3. The van der Waals surface area contributed by atoms with Gasteiger partial charge in [-0.2, -0.15) is 11.8 Å². The summed E-state index contributed by atoms with van der Waals surface area (Å²) in [5, 5.41) is 0. The molecule has 0 aromatic rings.